The van der Waals surface area contributed by atoms with Gasteiger partial charge in [-0.3, -0.25) is 20.8 Å². The summed E-state index contributed by atoms with van der Waals surface area (Å²) in [4.78, 5) is 22.6. The molecule has 0 bridgehead atoms. The average molecular weight is 315 g/mol. The molecule has 0 saturated carbocycles. The molecule has 0 radical (unpaired) electrons. The van der Waals surface area contributed by atoms with Crippen molar-refractivity contribution >= 4 is 28.9 Å². The zero-order valence-corrected chi connectivity index (χ0v) is 13.0. The third kappa shape index (κ3) is 3.83. The van der Waals surface area contributed by atoms with Crippen molar-refractivity contribution in [3.8, 4) is 0 Å². The zero-order chi connectivity index (χ0) is 16.2. The first kappa shape index (κ1) is 17.2. The lowest BCUT2D eigenvalue weighted by molar-refractivity contribution is -0.384. The number of rotatable bonds is 6. The van der Waals surface area contributed by atoms with Crippen molar-refractivity contribution in [3.05, 3.63) is 32.8 Å². The minimum atomic E-state index is -0.642. The molecule has 0 aromatic heterocycles. The molecule has 0 atom stereocenters. The van der Waals surface area contributed by atoms with Crippen molar-refractivity contribution in [3.63, 3.8) is 0 Å². The Morgan fingerprint density at radius 3 is 2.43 bits per heavy atom. The molecular weight excluding hydrogens is 296 g/mol. The normalized spacial score (nSPS) is 11.1. The van der Waals surface area contributed by atoms with Crippen LogP contribution in [0.25, 0.3) is 0 Å². The molecule has 116 valence electrons. The Hall–Kier alpha value is -1.86. The lowest BCUT2D eigenvalue weighted by atomic mass is 9.95. The molecule has 0 saturated heterocycles. The van der Waals surface area contributed by atoms with Gasteiger partial charge >= 0.3 is 0 Å². The summed E-state index contributed by atoms with van der Waals surface area (Å²) in [6, 6.07) is 2.51. The minimum absolute atomic E-state index is 0.0200. The molecule has 0 aliphatic carbocycles. The number of amides is 1. The summed E-state index contributed by atoms with van der Waals surface area (Å²) in [5.41, 5.74) is 1.56. The van der Waals surface area contributed by atoms with E-state index in [1.54, 1.807) is 0 Å². The number of anilines is 1. The summed E-state index contributed by atoms with van der Waals surface area (Å²) in [5, 5.41) is 13.9. The Morgan fingerprint density at radius 1 is 1.43 bits per heavy atom. The van der Waals surface area contributed by atoms with Crippen LogP contribution in [0, 0.1) is 10.1 Å². The van der Waals surface area contributed by atoms with Crippen LogP contribution in [0.5, 0.6) is 0 Å². The van der Waals surface area contributed by atoms with Crippen LogP contribution in [-0.4, -0.2) is 16.4 Å². The van der Waals surface area contributed by atoms with Gasteiger partial charge in [-0.05, 0) is 25.8 Å². The molecule has 0 aliphatic rings. The van der Waals surface area contributed by atoms with E-state index in [1.165, 1.54) is 6.07 Å². The van der Waals surface area contributed by atoms with E-state index < -0.39 is 10.8 Å². The monoisotopic (exact) mass is 314 g/mol. The Bertz CT molecular complexity index is 559. The van der Waals surface area contributed by atoms with E-state index in [2.05, 4.69) is 10.7 Å². The van der Waals surface area contributed by atoms with E-state index >= 15 is 0 Å². The second-order valence-electron chi connectivity index (χ2n) is 4.98. The third-order valence-corrected chi connectivity index (χ3v) is 3.95. The number of carbonyl (C=O) groups excluding carboxylic acids is 1. The Balaban J connectivity index is 3.20. The second-order valence-corrected chi connectivity index (χ2v) is 5.38. The number of nitro benzene ring substituents is 1. The van der Waals surface area contributed by atoms with Gasteiger partial charge in [0.2, 0.25) is 0 Å². The van der Waals surface area contributed by atoms with E-state index in [0.29, 0.717) is 0 Å². The highest BCUT2D eigenvalue weighted by atomic mass is 35.5. The van der Waals surface area contributed by atoms with Crippen molar-refractivity contribution in [1.29, 1.82) is 0 Å². The maximum absolute atomic E-state index is 12.3. The largest absolute Gasteiger partial charge is 0.347 e. The number of nitrogens with one attached hydrogen (secondary N) is 2. The first-order chi connectivity index (χ1) is 9.77. The standard InChI is InChI=1S/C13H19ClN4O3/c1-4-13(3,5-2)16-12(19)8-6-9(14)11(17-15)10(7-8)18(20)21/h6-7,17H,4-5,15H2,1-3H3,(H,16,19). The topological polar surface area (TPSA) is 110 Å². The van der Waals surface area contributed by atoms with Gasteiger partial charge in [-0.1, -0.05) is 25.4 Å². The van der Waals surface area contributed by atoms with Gasteiger partial charge in [-0.25, -0.2) is 0 Å². The van der Waals surface area contributed by atoms with Gasteiger partial charge in [0, 0.05) is 17.2 Å². The average Bonchev–Trinajstić information content (AvgIpc) is 2.45. The number of hydrogen-bond acceptors (Lipinski definition) is 5. The first-order valence-corrected chi connectivity index (χ1v) is 6.92. The molecule has 7 nitrogen and oxygen atoms in total. The van der Waals surface area contributed by atoms with Gasteiger partial charge in [0.25, 0.3) is 11.6 Å². The van der Waals surface area contributed by atoms with Crippen molar-refractivity contribution in [2.24, 2.45) is 5.84 Å². The summed E-state index contributed by atoms with van der Waals surface area (Å²) in [5.74, 6) is 4.81. The number of nitrogens with two attached hydrogens (primary N) is 1. The van der Waals surface area contributed by atoms with Gasteiger partial charge in [0.05, 0.1) is 9.95 Å². The van der Waals surface area contributed by atoms with Gasteiger partial charge < -0.3 is 10.7 Å². The van der Waals surface area contributed by atoms with E-state index in [-0.39, 0.29) is 27.5 Å². The maximum Gasteiger partial charge on any atom is 0.295 e. The van der Waals surface area contributed by atoms with Crippen molar-refractivity contribution in [2.45, 2.75) is 39.2 Å². The summed E-state index contributed by atoms with van der Waals surface area (Å²) < 4.78 is 0. The van der Waals surface area contributed by atoms with E-state index in [0.717, 1.165) is 18.9 Å². The number of nitrogen functional groups attached to an aromatic ring is 1. The molecular formula is C13H19ClN4O3. The van der Waals surface area contributed by atoms with E-state index in [4.69, 9.17) is 17.4 Å². The Kier molecular flexibility index (Phi) is 5.51. The molecule has 0 fully saturated rings. The number of nitrogens with zero attached hydrogens (tertiary/aromatic N) is 1. The number of nitro groups is 1. The van der Waals surface area contributed by atoms with Gasteiger partial charge in [0.15, 0.2) is 0 Å². The molecule has 0 aliphatic heterocycles. The van der Waals surface area contributed by atoms with Gasteiger partial charge in [0.1, 0.15) is 5.69 Å². The van der Waals surface area contributed by atoms with Gasteiger partial charge in [-0.2, -0.15) is 0 Å². The van der Waals surface area contributed by atoms with Crippen molar-refractivity contribution in [2.75, 3.05) is 5.43 Å². The maximum atomic E-state index is 12.3. The quantitative estimate of drug-likeness (QED) is 0.425. The lowest BCUT2D eigenvalue weighted by Gasteiger charge is -2.28. The molecule has 21 heavy (non-hydrogen) atoms. The molecule has 1 aromatic rings. The molecule has 0 spiro atoms. The fraction of sp³-hybridized carbons (Fsp3) is 0.462. The molecule has 1 rings (SSSR count). The van der Waals surface area contributed by atoms with Crippen LogP contribution in [0.1, 0.15) is 44.0 Å². The Morgan fingerprint density at radius 2 is 2.00 bits per heavy atom. The molecule has 1 aromatic carbocycles. The third-order valence-electron chi connectivity index (χ3n) is 3.65. The highest BCUT2D eigenvalue weighted by Crippen LogP contribution is 2.33. The van der Waals surface area contributed by atoms with Crippen LogP contribution in [0.3, 0.4) is 0 Å². The highest BCUT2D eigenvalue weighted by Gasteiger charge is 2.25. The highest BCUT2D eigenvalue weighted by molar-refractivity contribution is 6.34. The number of hydrogen-bond donors (Lipinski definition) is 3. The number of hydrazine groups is 1. The number of halogens is 1. The number of benzene rings is 1. The van der Waals surface area contributed by atoms with E-state index in [1.807, 2.05) is 20.8 Å². The predicted octanol–water partition coefficient (Wildman–Crippen LogP) is 2.84. The van der Waals surface area contributed by atoms with Crippen LogP contribution in [0.2, 0.25) is 5.02 Å². The second kappa shape index (κ2) is 6.73. The van der Waals surface area contributed by atoms with Crippen LogP contribution in [0.15, 0.2) is 12.1 Å². The van der Waals surface area contributed by atoms with Crippen molar-refractivity contribution in [1.82, 2.24) is 5.32 Å². The smallest absolute Gasteiger partial charge is 0.295 e. The van der Waals surface area contributed by atoms with E-state index in [9.17, 15) is 14.9 Å². The van der Waals surface area contributed by atoms with Crippen molar-refractivity contribution < 1.29 is 9.72 Å². The number of carbonyl (C=O) groups is 1. The summed E-state index contributed by atoms with van der Waals surface area (Å²) in [6.07, 6.45) is 1.49. The van der Waals surface area contributed by atoms with Crippen LogP contribution >= 0.6 is 11.6 Å². The predicted molar refractivity (Wildman–Crippen MR) is 82.4 cm³/mol. The summed E-state index contributed by atoms with van der Waals surface area (Å²) in [7, 11) is 0. The fourth-order valence-electron chi connectivity index (χ4n) is 1.78. The minimum Gasteiger partial charge on any atom is -0.347 e. The molecule has 1 amide bonds. The Labute approximate surface area is 128 Å². The SMILES string of the molecule is CCC(C)(CC)NC(=O)c1cc(Cl)c(NN)c([N+](=O)[O-])c1. The molecule has 0 unspecified atom stereocenters. The summed E-state index contributed by atoms with van der Waals surface area (Å²) in [6.45, 7) is 5.83. The zero-order valence-electron chi connectivity index (χ0n) is 12.2. The summed E-state index contributed by atoms with van der Waals surface area (Å²) >= 11 is 5.93. The van der Waals surface area contributed by atoms with Gasteiger partial charge in [-0.15, -0.1) is 0 Å². The lowest BCUT2D eigenvalue weighted by Crippen LogP contribution is -2.44. The molecule has 8 heteroatoms. The molecule has 4 N–H and O–H groups in total. The van der Waals surface area contributed by atoms with Crippen LogP contribution in [-0.2, 0) is 0 Å². The molecule has 0 heterocycles. The van der Waals surface area contributed by atoms with Crippen LogP contribution < -0.4 is 16.6 Å². The van der Waals surface area contributed by atoms with Crippen LogP contribution in [0.4, 0.5) is 11.4 Å². The first-order valence-electron chi connectivity index (χ1n) is 6.55. The fourth-order valence-corrected chi connectivity index (χ4v) is 2.05.